The lowest BCUT2D eigenvalue weighted by Gasteiger charge is -2.15. The van der Waals surface area contributed by atoms with E-state index in [0.717, 1.165) is 35.2 Å². The maximum Gasteiger partial charge on any atom is 0.251 e. The van der Waals surface area contributed by atoms with Crippen LogP contribution < -0.4 is 14.8 Å². The minimum Gasteiger partial charge on any atom is -0.493 e. The molecule has 1 atom stereocenters. The highest BCUT2D eigenvalue weighted by molar-refractivity contribution is 9.10. The van der Waals surface area contributed by atoms with E-state index >= 15 is 0 Å². The second-order valence-corrected chi connectivity index (χ2v) is 8.18. The minimum atomic E-state index is -0.147. The highest BCUT2D eigenvalue weighted by Gasteiger charge is 2.17. The van der Waals surface area contributed by atoms with E-state index in [1.54, 1.807) is 30.1 Å². The number of benzene rings is 2. The Morgan fingerprint density at radius 3 is 2.77 bits per heavy atom. The van der Waals surface area contributed by atoms with Crippen LogP contribution in [0.1, 0.15) is 28.8 Å². The molecule has 1 aromatic heterocycles. The van der Waals surface area contributed by atoms with Crippen molar-refractivity contribution in [3.63, 3.8) is 0 Å². The second-order valence-electron chi connectivity index (χ2n) is 7.26. The number of ether oxygens (including phenoxy) is 3. The predicted octanol–water partition coefficient (Wildman–Crippen LogP) is 4.13. The molecule has 0 radical (unpaired) electrons. The van der Waals surface area contributed by atoms with Crippen molar-refractivity contribution in [3.05, 3.63) is 70.5 Å². The van der Waals surface area contributed by atoms with Crippen LogP contribution in [0.5, 0.6) is 11.5 Å². The number of methoxy groups -OCH3 is 1. The van der Waals surface area contributed by atoms with Crippen molar-refractivity contribution in [2.24, 2.45) is 0 Å². The first-order valence-corrected chi connectivity index (χ1v) is 10.9. The molecule has 2 heterocycles. The summed E-state index contributed by atoms with van der Waals surface area (Å²) in [6.45, 7) is 1.69. The van der Waals surface area contributed by atoms with Gasteiger partial charge in [0, 0.05) is 24.9 Å². The average Bonchev–Trinajstić information content (AvgIpc) is 3.48. The van der Waals surface area contributed by atoms with Crippen LogP contribution in [0.3, 0.4) is 0 Å². The number of halogens is 1. The lowest BCUT2D eigenvalue weighted by Crippen LogP contribution is -2.22. The number of amides is 1. The van der Waals surface area contributed by atoms with Gasteiger partial charge in [-0.1, -0.05) is 6.07 Å². The third-order valence-electron chi connectivity index (χ3n) is 5.07. The molecule has 1 N–H and O–H groups in total. The van der Waals surface area contributed by atoms with Crippen LogP contribution in [0, 0.1) is 0 Å². The topological polar surface area (TPSA) is 74.6 Å². The first-order chi connectivity index (χ1) is 15.1. The Morgan fingerprint density at radius 1 is 1.26 bits per heavy atom. The van der Waals surface area contributed by atoms with E-state index in [1.165, 1.54) is 0 Å². The Labute approximate surface area is 189 Å². The summed E-state index contributed by atoms with van der Waals surface area (Å²) in [5.74, 6) is 1.17. The van der Waals surface area contributed by atoms with E-state index in [-0.39, 0.29) is 12.0 Å². The molecular formula is C23H24BrN3O4. The van der Waals surface area contributed by atoms with E-state index < -0.39 is 0 Å². The number of nitrogens with zero attached hydrogens (tertiary/aromatic N) is 2. The Kier molecular flexibility index (Phi) is 6.89. The predicted molar refractivity (Wildman–Crippen MR) is 120 cm³/mol. The molecule has 1 aliphatic rings. The second kappa shape index (κ2) is 9.98. The molecule has 7 nitrogen and oxygen atoms in total. The molecule has 31 heavy (non-hydrogen) atoms. The Morgan fingerprint density at radius 2 is 2.10 bits per heavy atom. The zero-order valence-corrected chi connectivity index (χ0v) is 18.8. The number of nitrogens with one attached hydrogen (secondary N) is 1. The van der Waals surface area contributed by atoms with Gasteiger partial charge in [-0.15, -0.1) is 0 Å². The van der Waals surface area contributed by atoms with E-state index in [0.29, 0.717) is 30.2 Å². The van der Waals surface area contributed by atoms with Crippen molar-refractivity contribution in [2.75, 3.05) is 20.3 Å². The number of hydrogen-bond acceptors (Lipinski definition) is 5. The fourth-order valence-corrected chi connectivity index (χ4v) is 3.68. The van der Waals surface area contributed by atoms with Crippen molar-refractivity contribution in [3.8, 4) is 17.2 Å². The molecule has 1 aliphatic heterocycles. The first kappa shape index (κ1) is 21.4. The molecule has 162 valence electrons. The fraction of sp³-hybridized carbons (Fsp3) is 0.304. The Bertz CT molecular complexity index is 1030. The molecule has 2 aromatic carbocycles. The molecule has 1 saturated heterocycles. The lowest BCUT2D eigenvalue weighted by atomic mass is 10.1. The van der Waals surface area contributed by atoms with E-state index in [1.807, 2.05) is 36.5 Å². The molecule has 3 aromatic rings. The largest absolute Gasteiger partial charge is 0.493 e. The van der Waals surface area contributed by atoms with Gasteiger partial charge in [0.25, 0.3) is 5.91 Å². The SMILES string of the molecule is COc1cc(CNC(=O)c2ccc(-n3cc(Br)cn3)cc2)ccc1OCC1CCCO1. The molecule has 1 fully saturated rings. The number of carbonyl (C=O) groups is 1. The Hall–Kier alpha value is -2.84. The molecule has 1 unspecified atom stereocenters. The molecule has 0 spiro atoms. The van der Waals surface area contributed by atoms with Gasteiger partial charge >= 0.3 is 0 Å². The standard InChI is InChI=1S/C23H24BrN3O4/c1-29-22-11-16(4-9-21(22)31-15-20-3-2-10-30-20)12-25-23(28)17-5-7-19(8-6-17)27-14-18(24)13-26-27/h4-9,11,13-14,20H,2-3,10,12,15H2,1H3,(H,25,28). The summed E-state index contributed by atoms with van der Waals surface area (Å²) in [7, 11) is 1.61. The number of aromatic nitrogens is 2. The quantitative estimate of drug-likeness (QED) is 0.519. The van der Waals surface area contributed by atoms with E-state index in [4.69, 9.17) is 14.2 Å². The number of rotatable bonds is 8. The number of carbonyl (C=O) groups excluding carboxylic acids is 1. The van der Waals surface area contributed by atoms with Crippen molar-refractivity contribution < 1.29 is 19.0 Å². The minimum absolute atomic E-state index is 0.143. The average molecular weight is 486 g/mol. The van der Waals surface area contributed by atoms with Gasteiger partial charge in [-0.25, -0.2) is 4.68 Å². The highest BCUT2D eigenvalue weighted by atomic mass is 79.9. The monoisotopic (exact) mass is 485 g/mol. The first-order valence-electron chi connectivity index (χ1n) is 10.1. The van der Waals surface area contributed by atoms with Crippen molar-refractivity contribution in [1.82, 2.24) is 15.1 Å². The van der Waals surface area contributed by atoms with Gasteiger partial charge in [0.15, 0.2) is 11.5 Å². The summed E-state index contributed by atoms with van der Waals surface area (Å²) < 4.78 is 19.5. The summed E-state index contributed by atoms with van der Waals surface area (Å²) in [4.78, 5) is 12.5. The Balaban J connectivity index is 1.34. The summed E-state index contributed by atoms with van der Waals surface area (Å²) >= 11 is 3.38. The maximum absolute atomic E-state index is 12.5. The third kappa shape index (κ3) is 5.45. The zero-order chi connectivity index (χ0) is 21.6. The molecule has 4 rings (SSSR count). The van der Waals surface area contributed by atoms with Crippen LogP contribution in [-0.2, 0) is 11.3 Å². The fourth-order valence-electron chi connectivity index (χ4n) is 3.39. The van der Waals surface area contributed by atoms with Gasteiger partial charge in [0.1, 0.15) is 6.61 Å². The zero-order valence-electron chi connectivity index (χ0n) is 17.2. The summed E-state index contributed by atoms with van der Waals surface area (Å²) in [5, 5.41) is 7.18. The molecule has 8 heteroatoms. The van der Waals surface area contributed by atoms with Gasteiger partial charge in [0.05, 0.1) is 29.6 Å². The van der Waals surface area contributed by atoms with Gasteiger partial charge < -0.3 is 19.5 Å². The van der Waals surface area contributed by atoms with Gasteiger partial charge in [-0.05, 0) is 70.7 Å². The summed E-state index contributed by atoms with van der Waals surface area (Å²) in [6.07, 6.45) is 5.81. The summed E-state index contributed by atoms with van der Waals surface area (Å²) in [6, 6.07) is 12.9. The third-order valence-corrected chi connectivity index (χ3v) is 5.48. The van der Waals surface area contributed by atoms with Crippen molar-refractivity contribution >= 4 is 21.8 Å². The van der Waals surface area contributed by atoms with E-state index in [2.05, 4.69) is 26.3 Å². The normalized spacial score (nSPS) is 15.6. The molecule has 0 aliphatic carbocycles. The lowest BCUT2D eigenvalue weighted by molar-refractivity contribution is 0.0669. The van der Waals surface area contributed by atoms with Gasteiger partial charge in [-0.3, -0.25) is 4.79 Å². The smallest absolute Gasteiger partial charge is 0.251 e. The number of hydrogen-bond donors (Lipinski definition) is 1. The molecule has 0 bridgehead atoms. The summed E-state index contributed by atoms with van der Waals surface area (Å²) in [5.41, 5.74) is 2.39. The van der Waals surface area contributed by atoms with Crippen LogP contribution in [0.15, 0.2) is 59.3 Å². The van der Waals surface area contributed by atoms with Crippen LogP contribution in [-0.4, -0.2) is 42.1 Å². The van der Waals surface area contributed by atoms with Crippen molar-refractivity contribution in [2.45, 2.75) is 25.5 Å². The van der Waals surface area contributed by atoms with E-state index in [9.17, 15) is 4.79 Å². The maximum atomic E-state index is 12.5. The van der Waals surface area contributed by atoms with Crippen molar-refractivity contribution in [1.29, 1.82) is 0 Å². The van der Waals surface area contributed by atoms with Gasteiger partial charge in [0.2, 0.25) is 0 Å². The van der Waals surface area contributed by atoms with Crippen LogP contribution in [0.2, 0.25) is 0 Å². The van der Waals surface area contributed by atoms with Gasteiger partial charge in [-0.2, -0.15) is 5.10 Å². The molecule has 0 saturated carbocycles. The molecule has 1 amide bonds. The van der Waals surface area contributed by atoms with Crippen LogP contribution in [0.25, 0.3) is 5.69 Å². The van der Waals surface area contributed by atoms with Crippen LogP contribution >= 0.6 is 15.9 Å². The van der Waals surface area contributed by atoms with Crippen LogP contribution in [0.4, 0.5) is 0 Å². The highest BCUT2D eigenvalue weighted by Crippen LogP contribution is 2.29. The molecular weight excluding hydrogens is 462 g/mol.